The number of carbonyl (C=O) groups is 1. The summed E-state index contributed by atoms with van der Waals surface area (Å²) in [6.45, 7) is 0. The maximum absolute atomic E-state index is 13.7. The van der Waals surface area contributed by atoms with Crippen LogP contribution in [0, 0.1) is 5.82 Å². The third-order valence-corrected chi connectivity index (χ3v) is 3.88. The molecule has 0 aromatic heterocycles. The Balaban J connectivity index is 2.26. The lowest BCUT2D eigenvalue weighted by Crippen LogP contribution is -2.14. The number of ether oxygens (including phenoxy) is 1. The van der Waals surface area contributed by atoms with Crippen LogP contribution in [0.15, 0.2) is 45.3 Å². The molecular weight excluding hydrogens is 393 g/mol. The van der Waals surface area contributed by atoms with Crippen molar-refractivity contribution < 1.29 is 13.9 Å². The Labute approximate surface area is 132 Å². The minimum atomic E-state index is -0.579. The Morgan fingerprint density at radius 2 is 1.95 bits per heavy atom. The zero-order valence-corrected chi connectivity index (χ0v) is 13.6. The van der Waals surface area contributed by atoms with E-state index in [4.69, 9.17) is 4.74 Å². The van der Waals surface area contributed by atoms with Gasteiger partial charge in [0.2, 0.25) is 0 Å². The summed E-state index contributed by atoms with van der Waals surface area (Å²) in [4.78, 5) is 12.1. The molecule has 20 heavy (non-hydrogen) atoms. The van der Waals surface area contributed by atoms with Crippen molar-refractivity contribution in [2.75, 3.05) is 12.4 Å². The lowest BCUT2D eigenvalue weighted by molar-refractivity contribution is 0.102. The van der Waals surface area contributed by atoms with E-state index in [2.05, 4.69) is 37.2 Å². The molecule has 0 saturated heterocycles. The monoisotopic (exact) mass is 401 g/mol. The minimum absolute atomic E-state index is 0.0283. The lowest BCUT2D eigenvalue weighted by atomic mass is 10.2. The van der Waals surface area contributed by atoms with Crippen molar-refractivity contribution in [3.63, 3.8) is 0 Å². The van der Waals surface area contributed by atoms with Crippen LogP contribution < -0.4 is 10.1 Å². The number of hydrogen-bond acceptors (Lipinski definition) is 2. The fourth-order valence-electron chi connectivity index (χ4n) is 1.65. The van der Waals surface area contributed by atoms with Gasteiger partial charge in [-0.1, -0.05) is 6.07 Å². The van der Waals surface area contributed by atoms with Gasteiger partial charge in [0.05, 0.1) is 17.1 Å². The van der Waals surface area contributed by atoms with E-state index in [1.54, 1.807) is 31.4 Å². The van der Waals surface area contributed by atoms with Crippen molar-refractivity contribution in [3.8, 4) is 5.75 Å². The number of benzene rings is 2. The molecule has 0 unspecified atom stereocenters. The molecule has 0 aliphatic carbocycles. The molecule has 3 nitrogen and oxygen atoms in total. The number of halogens is 3. The Hall–Kier alpha value is -1.40. The maximum atomic E-state index is 13.7. The van der Waals surface area contributed by atoms with Crippen LogP contribution in [0.4, 0.5) is 10.1 Å². The van der Waals surface area contributed by atoms with Gasteiger partial charge in [0.1, 0.15) is 11.6 Å². The van der Waals surface area contributed by atoms with Gasteiger partial charge in [0.15, 0.2) is 0 Å². The van der Waals surface area contributed by atoms with E-state index in [0.29, 0.717) is 20.4 Å². The molecule has 0 atom stereocenters. The molecule has 1 N–H and O–H groups in total. The van der Waals surface area contributed by atoms with Gasteiger partial charge in [0.25, 0.3) is 5.91 Å². The predicted molar refractivity (Wildman–Crippen MR) is 82.7 cm³/mol. The number of methoxy groups -OCH3 is 1. The van der Waals surface area contributed by atoms with Crippen molar-refractivity contribution >= 4 is 43.5 Å². The van der Waals surface area contributed by atoms with Gasteiger partial charge < -0.3 is 10.1 Å². The van der Waals surface area contributed by atoms with Crippen molar-refractivity contribution in [2.24, 2.45) is 0 Å². The molecule has 0 spiro atoms. The molecule has 2 aromatic rings. The molecule has 6 heteroatoms. The van der Waals surface area contributed by atoms with Crippen LogP contribution in [-0.4, -0.2) is 13.0 Å². The fraction of sp³-hybridized carbons (Fsp3) is 0.0714. The van der Waals surface area contributed by atoms with E-state index in [0.717, 1.165) is 0 Å². The topological polar surface area (TPSA) is 38.3 Å². The molecule has 0 radical (unpaired) electrons. The Bertz CT molecular complexity index is 641. The van der Waals surface area contributed by atoms with Crippen LogP contribution >= 0.6 is 31.9 Å². The Morgan fingerprint density at radius 1 is 1.20 bits per heavy atom. The van der Waals surface area contributed by atoms with Crippen LogP contribution in [0.25, 0.3) is 0 Å². The maximum Gasteiger partial charge on any atom is 0.259 e. The summed E-state index contributed by atoms with van der Waals surface area (Å²) in [6.07, 6.45) is 0. The first kappa shape index (κ1) is 15.0. The van der Waals surface area contributed by atoms with E-state index in [9.17, 15) is 9.18 Å². The van der Waals surface area contributed by atoms with Gasteiger partial charge in [-0.05, 0) is 62.2 Å². The van der Waals surface area contributed by atoms with Gasteiger partial charge in [-0.2, -0.15) is 0 Å². The molecule has 0 aliphatic rings. The molecule has 0 saturated carbocycles. The van der Waals surface area contributed by atoms with E-state index in [1.165, 1.54) is 12.1 Å². The van der Waals surface area contributed by atoms with Crippen LogP contribution in [0.3, 0.4) is 0 Å². The fourth-order valence-corrected chi connectivity index (χ4v) is 2.72. The number of anilines is 1. The van der Waals surface area contributed by atoms with E-state index < -0.39 is 11.7 Å². The van der Waals surface area contributed by atoms with Crippen LogP contribution in [0.1, 0.15) is 10.4 Å². The molecule has 2 rings (SSSR count). The number of carbonyl (C=O) groups excluding carboxylic acids is 1. The van der Waals surface area contributed by atoms with Crippen molar-refractivity contribution in [1.82, 2.24) is 0 Å². The largest absolute Gasteiger partial charge is 0.496 e. The molecule has 1 amide bonds. The lowest BCUT2D eigenvalue weighted by Gasteiger charge is -2.09. The van der Waals surface area contributed by atoms with E-state index in [-0.39, 0.29) is 5.56 Å². The van der Waals surface area contributed by atoms with Gasteiger partial charge in [-0.3, -0.25) is 4.79 Å². The Morgan fingerprint density at radius 3 is 2.55 bits per heavy atom. The van der Waals surface area contributed by atoms with Crippen LogP contribution in [-0.2, 0) is 0 Å². The van der Waals surface area contributed by atoms with Crippen LogP contribution in [0.5, 0.6) is 5.75 Å². The quantitative estimate of drug-likeness (QED) is 0.813. The molecule has 0 aliphatic heterocycles. The standard InChI is InChI=1S/C14H10Br2FNO2/c1-20-12-6-5-8(7-10(12)16)18-14(19)13-9(15)3-2-4-11(13)17/h2-7H,1H3,(H,18,19). The molecular formula is C14H10Br2FNO2. The number of rotatable bonds is 3. The van der Waals surface area contributed by atoms with Crippen molar-refractivity contribution in [3.05, 3.63) is 56.7 Å². The summed E-state index contributed by atoms with van der Waals surface area (Å²) in [5.74, 6) is -0.452. The summed E-state index contributed by atoms with van der Waals surface area (Å²) in [5, 5.41) is 2.64. The highest BCUT2D eigenvalue weighted by atomic mass is 79.9. The Kier molecular flexibility index (Phi) is 4.77. The highest BCUT2D eigenvalue weighted by Gasteiger charge is 2.15. The normalized spacial score (nSPS) is 10.2. The third-order valence-electron chi connectivity index (χ3n) is 2.60. The van der Waals surface area contributed by atoms with E-state index in [1.807, 2.05) is 0 Å². The molecule has 0 fully saturated rings. The SMILES string of the molecule is COc1ccc(NC(=O)c2c(F)cccc2Br)cc1Br. The zero-order chi connectivity index (χ0) is 14.7. The summed E-state index contributed by atoms with van der Waals surface area (Å²) in [6, 6.07) is 9.45. The second kappa shape index (κ2) is 6.37. The van der Waals surface area contributed by atoms with Crippen LogP contribution in [0.2, 0.25) is 0 Å². The molecule has 2 aromatic carbocycles. The van der Waals surface area contributed by atoms with Gasteiger partial charge in [-0.25, -0.2) is 4.39 Å². The predicted octanol–water partition coefficient (Wildman–Crippen LogP) is 4.61. The molecule has 0 bridgehead atoms. The summed E-state index contributed by atoms with van der Waals surface area (Å²) in [7, 11) is 1.55. The average molecular weight is 403 g/mol. The van der Waals surface area contributed by atoms with Crippen molar-refractivity contribution in [2.45, 2.75) is 0 Å². The van der Waals surface area contributed by atoms with Gasteiger partial charge in [0, 0.05) is 10.2 Å². The summed E-state index contributed by atoms with van der Waals surface area (Å²) in [5.41, 5.74) is 0.511. The average Bonchev–Trinajstić information content (AvgIpc) is 2.38. The van der Waals surface area contributed by atoms with Crippen molar-refractivity contribution in [1.29, 1.82) is 0 Å². The third kappa shape index (κ3) is 3.19. The first-order valence-corrected chi connectivity index (χ1v) is 7.20. The number of hydrogen-bond donors (Lipinski definition) is 1. The highest BCUT2D eigenvalue weighted by Crippen LogP contribution is 2.28. The number of amides is 1. The highest BCUT2D eigenvalue weighted by molar-refractivity contribution is 9.10. The van der Waals surface area contributed by atoms with Gasteiger partial charge in [-0.15, -0.1) is 0 Å². The summed E-state index contributed by atoms with van der Waals surface area (Å²) < 4.78 is 19.9. The minimum Gasteiger partial charge on any atom is -0.496 e. The summed E-state index contributed by atoms with van der Waals surface area (Å²) >= 11 is 6.49. The zero-order valence-electron chi connectivity index (χ0n) is 10.4. The smallest absolute Gasteiger partial charge is 0.259 e. The molecule has 0 heterocycles. The van der Waals surface area contributed by atoms with Gasteiger partial charge >= 0.3 is 0 Å². The van der Waals surface area contributed by atoms with E-state index >= 15 is 0 Å². The first-order valence-electron chi connectivity index (χ1n) is 5.62. The second-order valence-corrected chi connectivity index (χ2v) is 5.61. The first-order chi connectivity index (χ1) is 9.52. The number of nitrogens with one attached hydrogen (secondary N) is 1. The second-order valence-electron chi connectivity index (χ2n) is 3.90. The molecule has 104 valence electrons.